The molecule has 0 aliphatic heterocycles. The summed E-state index contributed by atoms with van der Waals surface area (Å²) < 4.78 is 0. The van der Waals surface area contributed by atoms with Gasteiger partial charge in [0.25, 0.3) is 0 Å². The number of para-hydroxylation sites is 1. The van der Waals surface area contributed by atoms with Gasteiger partial charge in [-0.25, -0.2) is 4.98 Å². The van der Waals surface area contributed by atoms with E-state index in [4.69, 9.17) is 0 Å². The molecule has 23 heavy (non-hydrogen) atoms. The molecule has 114 valence electrons. The molecule has 4 nitrogen and oxygen atoms in total. The third-order valence-electron chi connectivity index (χ3n) is 3.97. The van der Waals surface area contributed by atoms with E-state index in [2.05, 4.69) is 51.5 Å². The molecule has 5 heteroatoms. The highest BCUT2D eigenvalue weighted by Crippen LogP contribution is 2.34. The van der Waals surface area contributed by atoms with Gasteiger partial charge in [-0.1, -0.05) is 18.2 Å². The van der Waals surface area contributed by atoms with Crippen LogP contribution in [0.25, 0.3) is 10.9 Å². The maximum absolute atomic E-state index is 4.38. The van der Waals surface area contributed by atoms with Gasteiger partial charge >= 0.3 is 0 Å². The van der Waals surface area contributed by atoms with Crippen LogP contribution in [0.15, 0.2) is 60.4 Å². The van der Waals surface area contributed by atoms with Crippen molar-refractivity contribution in [3.63, 3.8) is 0 Å². The Hall–Kier alpha value is -2.66. The van der Waals surface area contributed by atoms with Gasteiger partial charge in [-0.15, -0.1) is 11.3 Å². The molecule has 4 aromatic rings. The fourth-order valence-electron chi connectivity index (χ4n) is 2.97. The summed E-state index contributed by atoms with van der Waals surface area (Å²) in [6.07, 6.45) is 5.48. The van der Waals surface area contributed by atoms with E-state index in [1.165, 1.54) is 16.5 Å². The van der Waals surface area contributed by atoms with Crippen molar-refractivity contribution in [2.75, 3.05) is 5.32 Å². The number of benzene rings is 1. The molecule has 1 atom stereocenters. The Bertz CT molecular complexity index is 913. The van der Waals surface area contributed by atoms with Crippen LogP contribution in [-0.2, 0) is 0 Å². The number of aromatic amines is 1. The predicted molar refractivity (Wildman–Crippen MR) is 94.9 cm³/mol. The van der Waals surface area contributed by atoms with E-state index >= 15 is 0 Å². The lowest BCUT2D eigenvalue weighted by Gasteiger charge is -2.19. The largest absolute Gasteiger partial charge is 0.358 e. The Balaban J connectivity index is 1.88. The summed E-state index contributed by atoms with van der Waals surface area (Å²) in [5.41, 5.74) is 4.74. The summed E-state index contributed by atoms with van der Waals surface area (Å²) in [4.78, 5) is 12.0. The van der Waals surface area contributed by atoms with Crippen LogP contribution in [0.1, 0.15) is 22.9 Å². The van der Waals surface area contributed by atoms with Crippen LogP contribution in [0.4, 0.5) is 5.13 Å². The number of aromatic nitrogens is 3. The van der Waals surface area contributed by atoms with Gasteiger partial charge in [-0.05, 0) is 30.7 Å². The number of nitrogens with zero attached hydrogens (tertiary/aromatic N) is 2. The van der Waals surface area contributed by atoms with Crippen LogP contribution in [0, 0.1) is 6.92 Å². The van der Waals surface area contributed by atoms with Crippen LogP contribution >= 0.6 is 11.3 Å². The van der Waals surface area contributed by atoms with Gasteiger partial charge in [0.05, 0.1) is 6.04 Å². The number of hydrogen-bond acceptors (Lipinski definition) is 4. The van der Waals surface area contributed by atoms with Crippen LogP contribution < -0.4 is 5.32 Å². The Labute approximate surface area is 138 Å². The minimum atomic E-state index is 0.0281. The molecule has 1 aromatic carbocycles. The van der Waals surface area contributed by atoms with Crippen molar-refractivity contribution in [3.8, 4) is 0 Å². The van der Waals surface area contributed by atoms with E-state index in [1.807, 2.05) is 36.1 Å². The topological polar surface area (TPSA) is 53.6 Å². The average molecular weight is 320 g/mol. The predicted octanol–water partition coefficient (Wildman–Crippen LogP) is 4.53. The van der Waals surface area contributed by atoms with Crippen LogP contribution in [0.5, 0.6) is 0 Å². The Morgan fingerprint density at radius 1 is 1.09 bits per heavy atom. The second kappa shape index (κ2) is 5.85. The first-order chi connectivity index (χ1) is 11.3. The average Bonchev–Trinajstić information content (AvgIpc) is 3.20. The first kappa shape index (κ1) is 14.0. The molecule has 0 bridgehead atoms. The summed E-state index contributed by atoms with van der Waals surface area (Å²) in [7, 11) is 0. The van der Waals surface area contributed by atoms with Crippen LogP contribution in [0.2, 0.25) is 0 Å². The maximum atomic E-state index is 4.38. The fraction of sp³-hybridized carbons (Fsp3) is 0.111. The summed E-state index contributed by atoms with van der Waals surface area (Å²) in [6, 6.07) is 12.5. The first-order valence-electron chi connectivity index (χ1n) is 7.46. The van der Waals surface area contributed by atoms with Crippen LogP contribution in [0.3, 0.4) is 0 Å². The number of H-pyrrole nitrogens is 1. The number of rotatable bonds is 4. The van der Waals surface area contributed by atoms with Gasteiger partial charge in [-0.3, -0.25) is 4.98 Å². The minimum Gasteiger partial charge on any atom is -0.358 e. The van der Waals surface area contributed by atoms with E-state index in [1.54, 1.807) is 11.3 Å². The highest BCUT2D eigenvalue weighted by atomic mass is 32.1. The molecular weight excluding hydrogens is 304 g/mol. The summed E-state index contributed by atoms with van der Waals surface area (Å²) >= 11 is 1.61. The van der Waals surface area contributed by atoms with Gasteiger partial charge in [0.15, 0.2) is 5.13 Å². The third kappa shape index (κ3) is 2.59. The monoisotopic (exact) mass is 320 g/mol. The van der Waals surface area contributed by atoms with Crippen molar-refractivity contribution in [1.82, 2.24) is 15.0 Å². The Morgan fingerprint density at radius 3 is 2.70 bits per heavy atom. The van der Waals surface area contributed by atoms with Crippen molar-refractivity contribution in [3.05, 3.63) is 77.2 Å². The zero-order chi connectivity index (χ0) is 15.6. The molecule has 0 aliphatic carbocycles. The Kier molecular flexibility index (Phi) is 3.55. The fourth-order valence-corrected chi connectivity index (χ4v) is 3.52. The lowest BCUT2D eigenvalue weighted by atomic mass is 9.97. The summed E-state index contributed by atoms with van der Waals surface area (Å²) in [5.74, 6) is 0. The zero-order valence-corrected chi connectivity index (χ0v) is 13.5. The molecule has 0 amide bonds. The van der Waals surface area contributed by atoms with Gasteiger partial charge in [0, 0.05) is 46.1 Å². The second-order valence-electron chi connectivity index (χ2n) is 5.40. The number of fused-ring (bicyclic) bond motifs is 1. The molecule has 0 unspecified atom stereocenters. The standard InChI is InChI=1S/C18H16N4S/c1-12-16(14-4-2-3-5-15(14)21-12)17(13-6-8-19-9-7-13)22-18-20-10-11-23-18/h2-11,17,21H,1H3,(H,20,22)/t17-/m0/s1. The molecule has 0 saturated heterocycles. The molecular formula is C18H16N4S. The lowest BCUT2D eigenvalue weighted by molar-refractivity contribution is 0.925. The third-order valence-corrected chi connectivity index (χ3v) is 4.68. The number of nitrogens with one attached hydrogen (secondary N) is 2. The Morgan fingerprint density at radius 2 is 1.91 bits per heavy atom. The smallest absolute Gasteiger partial charge is 0.183 e. The van der Waals surface area contributed by atoms with Crippen molar-refractivity contribution in [1.29, 1.82) is 0 Å². The molecule has 0 radical (unpaired) electrons. The number of aryl methyl sites for hydroxylation is 1. The maximum Gasteiger partial charge on any atom is 0.183 e. The molecule has 0 spiro atoms. The molecule has 0 fully saturated rings. The second-order valence-corrected chi connectivity index (χ2v) is 6.30. The van der Waals surface area contributed by atoms with Crippen molar-refractivity contribution in [2.45, 2.75) is 13.0 Å². The highest BCUT2D eigenvalue weighted by Gasteiger charge is 2.21. The van der Waals surface area contributed by atoms with Crippen molar-refractivity contribution < 1.29 is 0 Å². The summed E-state index contributed by atoms with van der Waals surface area (Å²) in [6.45, 7) is 2.12. The molecule has 0 aliphatic rings. The molecule has 2 N–H and O–H groups in total. The zero-order valence-electron chi connectivity index (χ0n) is 12.7. The van der Waals surface area contributed by atoms with E-state index in [0.29, 0.717) is 0 Å². The van der Waals surface area contributed by atoms with Gasteiger partial charge in [-0.2, -0.15) is 0 Å². The molecule has 4 rings (SSSR count). The minimum absolute atomic E-state index is 0.0281. The SMILES string of the molecule is Cc1[nH]c2ccccc2c1[C@@H](Nc1nccs1)c1ccncc1. The molecule has 3 aromatic heterocycles. The number of thiazole rings is 1. The molecule has 0 saturated carbocycles. The quantitative estimate of drug-likeness (QED) is 0.581. The normalized spacial score (nSPS) is 12.4. The number of pyridine rings is 1. The number of hydrogen-bond donors (Lipinski definition) is 2. The van der Waals surface area contributed by atoms with Gasteiger partial charge in [0.1, 0.15) is 0 Å². The summed E-state index contributed by atoms with van der Waals surface area (Å²) in [5, 5.41) is 7.70. The van der Waals surface area contributed by atoms with Gasteiger partial charge in [0.2, 0.25) is 0 Å². The first-order valence-corrected chi connectivity index (χ1v) is 8.34. The van der Waals surface area contributed by atoms with Crippen molar-refractivity contribution >= 4 is 27.4 Å². The van der Waals surface area contributed by atoms with Gasteiger partial charge < -0.3 is 10.3 Å². The lowest BCUT2D eigenvalue weighted by Crippen LogP contribution is -2.13. The molecule has 3 heterocycles. The van der Waals surface area contributed by atoms with Crippen molar-refractivity contribution in [2.24, 2.45) is 0 Å². The van der Waals surface area contributed by atoms with E-state index in [0.717, 1.165) is 16.3 Å². The number of anilines is 1. The highest BCUT2D eigenvalue weighted by molar-refractivity contribution is 7.13. The van der Waals surface area contributed by atoms with E-state index in [9.17, 15) is 0 Å². The van der Waals surface area contributed by atoms with E-state index in [-0.39, 0.29) is 6.04 Å². The van der Waals surface area contributed by atoms with Crippen LogP contribution in [-0.4, -0.2) is 15.0 Å². The van der Waals surface area contributed by atoms with E-state index < -0.39 is 0 Å².